The first-order chi connectivity index (χ1) is 13.1. The molecular formula is C21H22Cl2N2O3. The average Bonchev–Trinajstić information content (AvgIpc) is 2.59. The van der Waals surface area contributed by atoms with Gasteiger partial charge in [-0.05, 0) is 63.1 Å². The van der Waals surface area contributed by atoms with Gasteiger partial charge in [0.05, 0.1) is 16.4 Å². The van der Waals surface area contributed by atoms with Crippen LogP contribution in [0.25, 0.3) is 0 Å². The molecular weight excluding hydrogens is 399 g/mol. The van der Waals surface area contributed by atoms with E-state index in [0.717, 1.165) is 11.1 Å². The molecule has 0 aromatic heterocycles. The summed E-state index contributed by atoms with van der Waals surface area (Å²) in [4.78, 5) is 26.9. The Bertz CT molecular complexity index is 934. The first kappa shape index (κ1) is 20.5. The number of benzene rings is 2. The van der Waals surface area contributed by atoms with Crippen LogP contribution in [0.15, 0.2) is 30.3 Å². The molecule has 0 radical (unpaired) electrons. The van der Waals surface area contributed by atoms with Gasteiger partial charge < -0.3 is 15.0 Å². The Kier molecular flexibility index (Phi) is 5.60. The lowest BCUT2D eigenvalue weighted by atomic mass is 10.0. The van der Waals surface area contributed by atoms with Gasteiger partial charge in [0.15, 0.2) is 5.60 Å². The Morgan fingerprint density at radius 2 is 1.89 bits per heavy atom. The maximum atomic E-state index is 12.8. The zero-order valence-corrected chi connectivity index (χ0v) is 17.7. The molecule has 28 heavy (non-hydrogen) atoms. The Labute approximate surface area is 174 Å². The third-order valence-corrected chi connectivity index (χ3v) is 5.13. The second kappa shape index (κ2) is 7.64. The predicted octanol–water partition coefficient (Wildman–Crippen LogP) is 5.14. The number of hydrogen-bond donors (Lipinski definition) is 1. The highest BCUT2D eigenvalue weighted by atomic mass is 35.5. The monoisotopic (exact) mass is 420 g/mol. The standard InChI is InChI=1S/C21H22Cl2N2O3/c1-12-9-13(2)19(15(23)10-12)24-18(26)7-8-25-16-11-14(22)5-6-17(16)28-21(3,4)20(25)27/h5-6,9-11H,7-8H2,1-4H3,(H,24,26). The van der Waals surface area contributed by atoms with Crippen LogP contribution in [0.5, 0.6) is 5.75 Å². The van der Waals surface area contributed by atoms with Crippen LogP contribution in [0.4, 0.5) is 11.4 Å². The molecule has 2 amide bonds. The van der Waals surface area contributed by atoms with Crippen molar-refractivity contribution >= 4 is 46.4 Å². The second-order valence-electron chi connectivity index (χ2n) is 7.42. The summed E-state index contributed by atoms with van der Waals surface area (Å²) in [6.07, 6.45) is 0.109. The van der Waals surface area contributed by atoms with Gasteiger partial charge in [0.2, 0.25) is 5.91 Å². The molecule has 0 unspecified atom stereocenters. The molecule has 7 heteroatoms. The highest BCUT2D eigenvalue weighted by molar-refractivity contribution is 6.34. The molecule has 2 aromatic carbocycles. The summed E-state index contributed by atoms with van der Waals surface area (Å²) in [7, 11) is 0. The van der Waals surface area contributed by atoms with E-state index in [1.165, 1.54) is 0 Å². The van der Waals surface area contributed by atoms with Gasteiger partial charge in [0.25, 0.3) is 5.91 Å². The number of amides is 2. The summed E-state index contributed by atoms with van der Waals surface area (Å²) in [6, 6.07) is 8.86. The van der Waals surface area contributed by atoms with Crippen molar-refractivity contribution in [3.63, 3.8) is 0 Å². The SMILES string of the molecule is Cc1cc(C)c(NC(=O)CCN2C(=O)C(C)(C)Oc3ccc(Cl)cc32)c(Cl)c1. The van der Waals surface area contributed by atoms with Gasteiger partial charge in [-0.25, -0.2) is 0 Å². The smallest absolute Gasteiger partial charge is 0.270 e. The minimum atomic E-state index is -1.02. The summed E-state index contributed by atoms with van der Waals surface area (Å²) in [5.41, 5.74) is 2.05. The zero-order chi connectivity index (χ0) is 20.6. The number of hydrogen-bond acceptors (Lipinski definition) is 3. The summed E-state index contributed by atoms with van der Waals surface area (Å²) in [5.74, 6) is 0.112. The summed E-state index contributed by atoms with van der Waals surface area (Å²) in [6.45, 7) is 7.44. The van der Waals surface area contributed by atoms with Gasteiger partial charge in [0.1, 0.15) is 5.75 Å². The first-order valence-electron chi connectivity index (χ1n) is 8.95. The molecule has 0 bridgehead atoms. The van der Waals surface area contributed by atoms with Crippen LogP contribution in [0.3, 0.4) is 0 Å². The van der Waals surface area contributed by atoms with Crippen molar-refractivity contribution < 1.29 is 14.3 Å². The second-order valence-corrected chi connectivity index (χ2v) is 8.26. The molecule has 2 aromatic rings. The van der Waals surface area contributed by atoms with Crippen LogP contribution >= 0.6 is 23.2 Å². The Morgan fingerprint density at radius 3 is 2.57 bits per heavy atom. The van der Waals surface area contributed by atoms with Gasteiger partial charge in [-0.3, -0.25) is 9.59 Å². The molecule has 0 fully saturated rings. The lowest BCUT2D eigenvalue weighted by Crippen LogP contribution is -2.53. The molecule has 0 atom stereocenters. The quantitative estimate of drug-likeness (QED) is 0.744. The van der Waals surface area contributed by atoms with Gasteiger partial charge in [-0.1, -0.05) is 29.3 Å². The third-order valence-electron chi connectivity index (χ3n) is 4.60. The number of rotatable bonds is 4. The molecule has 0 saturated heterocycles. The van der Waals surface area contributed by atoms with E-state index in [1.807, 2.05) is 19.9 Å². The Morgan fingerprint density at radius 1 is 1.18 bits per heavy atom. The molecule has 5 nitrogen and oxygen atoms in total. The van der Waals surface area contributed by atoms with Crippen molar-refractivity contribution in [1.82, 2.24) is 0 Å². The van der Waals surface area contributed by atoms with E-state index in [-0.39, 0.29) is 24.8 Å². The molecule has 0 aliphatic carbocycles. The number of carbonyl (C=O) groups excluding carboxylic acids is 2. The lowest BCUT2D eigenvalue weighted by Gasteiger charge is -2.38. The maximum absolute atomic E-state index is 12.8. The summed E-state index contributed by atoms with van der Waals surface area (Å²) >= 11 is 12.4. The highest BCUT2D eigenvalue weighted by Gasteiger charge is 2.40. The zero-order valence-electron chi connectivity index (χ0n) is 16.2. The van der Waals surface area contributed by atoms with Crippen LogP contribution in [0, 0.1) is 13.8 Å². The average molecular weight is 421 g/mol. The summed E-state index contributed by atoms with van der Waals surface area (Å²) < 4.78 is 5.79. The van der Waals surface area contributed by atoms with Crippen molar-refractivity contribution in [1.29, 1.82) is 0 Å². The van der Waals surface area contributed by atoms with Crippen molar-refractivity contribution in [2.45, 2.75) is 39.7 Å². The highest BCUT2D eigenvalue weighted by Crippen LogP contribution is 2.39. The minimum absolute atomic E-state index is 0.109. The van der Waals surface area contributed by atoms with Crippen LogP contribution in [-0.2, 0) is 9.59 Å². The molecule has 1 aliphatic heterocycles. The molecule has 1 heterocycles. The van der Waals surface area contributed by atoms with Gasteiger partial charge in [-0.15, -0.1) is 0 Å². The van der Waals surface area contributed by atoms with E-state index in [2.05, 4.69) is 5.32 Å². The Hall–Kier alpha value is -2.24. The summed E-state index contributed by atoms with van der Waals surface area (Å²) in [5, 5.41) is 3.83. The molecule has 1 N–H and O–H groups in total. The first-order valence-corrected chi connectivity index (χ1v) is 9.71. The number of aryl methyl sites for hydroxylation is 2. The predicted molar refractivity (Wildman–Crippen MR) is 113 cm³/mol. The largest absolute Gasteiger partial charge is 0.476 e. The van der Waals surface area contributed by atoms with E-state index in [4.69, 9.17) is 27.9 Å². The van der Waals surface area contributed by atoms with E-state index in [1.54, 1.807) is 43.0 Å². The molecule has 0 spiro atoms. The van der Waals surface area contributed by atoms with Crippen molar-refractivity contribution in [3.8, 4) is 5.75 Å². The van der Waals surface area contributed by atoms with Gasteiger partial charge >= 0.3 is 0 Å². The van der Waals surface area contributed by atoms with Crippen LogP contribution in [-0.4, -0.2) is 24.0 Å². The number of nitrogens with one attached hydrogen (secondary N) is 1. The van der Waals surface area contributed by atoms with Crippen molar-refractivity contribution in [2.24, 2.45) is 0 Å². The fourth-order valence-electron chi connectivity index (χ4n) is 3.25. The van der Waals surface area contributed by atoms with Crippen LogP contribution < -0.4 is 15.0 Å². The van der Waals surface area contributed by atoms with E-state index in [0.29, 0.717) is 27.2 Å². The van der Waals surface area contributed by atoms with Gasteiger partial charge in [-0.2, -0.15) is 0 Å². The maximum Gasteiger partial charge on any atom is 0.270 e. The minimum Gasteiger partial charge on any atom is -0.476 e. The van der Waals surface area contributed by atoms with Gasteiger partial charge in [0, 0.05) is 18.0 Å². The van der Waals surface area contributed by atoms with E-state index in [9.17, 15) is 9.59 Å². The van der Waals surface area contributed by atoms with E-state index >= 15 is 0 Å². The van der Waals surface area contributed by atoms with Crippen LogP contribution in [0.2, 0.25) is 10.0 Å². The number of carbonyl (C=O) groups is 2. The van der Waals surface area contributed by atoms with E-state index < -0.39 is 5.60 Å². The van der Waals surface area contributed by atoms with Crippen LogP contribution in [0.1, 0.15) is 31.4 Å². The number of halogens is 2. The molecule has 0 saturated carbocycles. The molecule has 148 valence electrons. The fraction of sp³-hybridized carbons (Fsp3) is 0.333. The molecule has 1 aliphatic rings. The number of ether oxygens (including phenoxy) is 1. The lowest BCUT2D eigenvalue weighted by molar-refractivity contribution is -0.132. The third kappa shape index (κ3) is 4.10. The fourth-order valence-corrected chi connectivity index (χ4v) is 3.79. The van der Waals surface area contributed by atoms with Crippen molar-refractivity contribution in [2.75, 3.05) is 16.8 Å². The number of fused-ring (bicyclic) bond motifs is 1. The topological polar surface area (TPSA) is 58.6 Å². The molecule has 3 rings (SSSR count). The Balaban J connectivity index is 1.77. The number of nitrogens with zero attached hydrogens (tertiary/aromatic N) is 1. The van der Waals surface area contributed by atoms with Crippen molar-refractivity contribution in [3.05, 3.63) is 51.5 Å². The number of anilines is 2. The normalized spacial score (nSPS) is 15.1.